The average molecular weight is 457 g/mol. The van der Waals surface area contributed by atoms with Crippen molar-refractivity contribution in [2.24, 2.45) is 0 Å². The highest BCUT2D eigenvalue weighted by Gasteiger charge is 2.36. The van der Waals surface area contributed by atoms with Crippen molar-refractivity contribution in [3.63, 3.8) is 0 Å². The lowest BCUT2D eigenvalue weighted by Gasteiger charge is -2.49. The average Bonchev–Trinajstić information content (AvgIpc) is 2.82. The molecule has 2 aliphatic heterocycles. The number of anilines is 1. The molecule has 0 amide bonds. The maximum atomic E-state index is 6.25. The molecule has 0 spiro atoms. The van der Waals surface area contributed by atoms with Crippen LogP contribution in [-0.2, 0) is 0 Å². The lowest BCUT2D eigenvalue weighted by Crippen LogP contribution is -2.56. The normalized spacial score (nSPS) is 21.3. The van der Waals surface area contributed by atoms with E-state index in [0.29, 0.717) is 17.1 Å². The van der Waals surface area contributed by atoms with Crippen LogP contribution in [0.5, 0.6) is 11.5 Å². The van der Waals surface area contributed by atoms with E-state index in [2.05, 4.69) is 54.8 Å². The molecular formula is C27H37ClN2O2. The molecule has 2 saturated heterocycles. The van der Waals surface area contributed by atoms with Gasteiger partial charge in [0.15, 0.2) is 0 Å². The number of hydrogen-bond acceptors (Lipinski definition) is 4. The Bertz CT molecular complexity index is 932. The number of nitrogens with zero attached hydrogens (tertiary/aromatic N) is 2. The van der Waals surface area contributed by atoms with Gasteiger partial charge in [-0.15, -0.1) is 0 Å². The molecule has 174 valence electrons. The zero-order valence-corrected chi connectivity index (χ0v) is 20.8. The Morgan fingerprint density at radius 3 is 2.66 bits per heavy atom. The second-order valence-electron chi connectivity index (χ2n) is 9.21. The van der Waals surface area contributed by atoms with Gasteiger partial charge in [-0.05, 0) is 74.4 Å². The highest BCUT2D eigenvalue weighted by Crippen LogP contribution is 2.40. The molecule has 32 heavy (non-hydrogen) atoms. The number of rotatable bonds is 7. The largest absolute Gasteiger partial charge is 0.495 e. The Morgan fingerprint density at radius 2 is 1.88 bits per heavy atom. The quantitative estimate of drug-likeness (QED) is 0.440. The van der Waals surface area contributed by atoms with Crippen LogP contribution >= 0.6 is 11.6 Å². The van der Waals surface area contributed by atoms with Gasteiger partial charge in [0.25, 0.3) is 0 Å². The fourth-order valence-corrected chi connectivity index (χ4v) is 5.52. The monoisotopic (exact) mass is 456 g/mol. The second kappa shape index (κ2) is 10.4. The van der Waals surface area contributed by atoms with Gasteiger partial charge in [0.2, 0.25) is 0 Å². The molecule has 0 bridgehead atoms. The molecule has 1 unspecified atom stereocenters. The fourth-order valence-electron chi connectivity index (χ4n) is 5.32. The number of halogens is 1. The molecule has 0 radical (unpaired) electrons. The van der Waals surface area contributed by atoms with Crippen molar-refractivity contribution in [2.75, 3.05) is 38.3 Å². The first-order chi connectivity index (χ1) is 15.5. The van der Waals surface area contributed by atoms with E-state index >= 15 is 0 Å². The number of benzene rings is 2. The third-order valence-electron chi connectivity index (χ3n) is 7.34. The van der Waals surface area contributed by atoms with E-state index in [4.69, 9.17) is 21.1 Å². The molecule has 0 saturated carbocycles. The highest BCUT2D eigenvalue weighted by molar-refractivity contribution is 6.32. The predicted octanol–water partition coefficient (Wildman–Crippen LogP) is 6.56. The second-order valence-corrected chi connectivity index (χ2v) is 9.62. The third-order valence-corrected chi connectivity index (χ3v) is 7.65. The fraction of sp³-hybridized carbons (Fsp3) is 0.556. The van der Waals surface area contributed by atoms with E-state index in [1.807, 2.05) is 6.07 Å². The van der Waals surface area contributed by atoms with Crippen molar-refractivity contribution >= 4 is 17.3 Å². The molecular weight excluding hydrogens is 420 g/mol. The zero-order valence-electron chi connectivity index (χ0n) is 20.0. The van der Waals surface area contributed by atoms with Crippen molar-refractivity contribution in [3.8, 4) is 11.5 Å². The molecule has 2 aliphatic rings. The number of ether oxygens (including phenoxy) is 2. The molecule has 2 heterocycles. The number of hydrogen-bond donors (Lipinski definition) is 0. The van der Waals surface area contributed by atoms with Gasteiger partial charge in [-0.3, -0.25) is 4.90 Å². The lowest BCUT2D eigenvalue weighted by molar-refractivity contribution is 0.0712. The summed E-state index contributed by atoms with van der Waals surface area (Å²) >= 11 is 6.25. The number of fused-ring (bicyclic) bond motifs is 1. The Hall–Kier alpha value is -1.91. The van der Waals surface area contributed by atoms with Gasteiger partial charge in [-0.25, -0.2) is 0 Å². The first-order valence-electron chi connectivity index (χ1n) is 12.1. The molecule has 0 aliphatic carbocycles. The van der Waals surface area contributed by atoms with Crippen molar-refractivity contribution in [1.29, 1.82) is 0 Å². The summed E-state index contributed by atoms with van der Waals surface area (Å²) in [5, 5.41) is 0.667. The molecule has 0 N–H and O–H groups in total. The summed E-state index contributed by atoms with van der Waals surface area (Å²) < 4.78 is 11.5. The number of piperazine rings is 1. The van der Waals surface area contributed by atoms with Crippen LogP contribution in [0.25, 0.3) is 0 Å². The van der Waals surface area contributed by atoms with Crippen LogP contribution in [0.4, 0.5) is 5.69 Å². The van der Waals surface area contributed by atoms with E-state index in [9.17, 15) is 0 Å². The summed E-state index contributed by atoms with van der Waals surface area (Å²) in [7, 11) is 1.68. The molecule has 2 aromatic rings. The Labute approximate surface area is 198 Å². The van der Waals surface area contributed by atoms with Crippen LogP contribution in [0.1, 0.15) is 61.8 Å². The van der Waals surface area contributed by atoms with Crippen LogP contribution in [0.2, 0.25) is 5.02 Å². The van der Waals surface area contributed by atoms with Gasteiger partial charge in [-0.2, -0.15) is 0 Å². The van der Waals surface area contributed by atoms with Gasteiger partial charge < -0.3 is 14.4 Å². The number of unbranched alkanes of at least 4 members (excludes halogenated alkanes) is 1. The summed E-state index contributed by atoms with van der Waals surface area (Å²) in [6, 6.07) is 11.7. The van der Waals surface area contributed by atoms with Crippen molar-refractivity contribution in [3.05, 3.63) is 52.0 Å². The number of methoxy groups -OCH3 is 1. The summed E-state index contributed by atoms with van der Waals surface area (Å²) in [4.78, 5) is 5.25. The molecule has 2 fully saturated rings. The van der Waals surface area contributed by atoms with Gasteiger partial charge >= 0.3 is 0 Å². The summed E-state index contributed by atoms with van der Waals surface area (Å²) in [6.07, 6.45) is 6.04. The maximum Gasteiger partial charge on any atom is 0.139 e. The third kappa shape index (κ3) is 4.72. The molecule has 4 nitrogen and oxygen atoms in total. The van der Waals surface area contributed by atoms with Crippen LogP contribution in [0, 0.1) is 13.8 Å². The Balaban J connectivity index is 1.50. The SMILES string of the molecule is CCCCOc1ccc([C@H]2CCCC3CN(c4ccc(Cl)c(OC)c4)CCN32)c(C)c1C. The van der Waals surface area contributed by atoms with Gasteiger partial charge in [0, 0.05) is 43.5 Å². The summed E-state index contributed by atoms with van der Waals surface area (Å²) in [6.45, 7) is 10.6. The van der Waals surface area contributed by atoms with Crippen LogP contribution in [0.15, 0.2) is 30.3 Å². The maximum absolute atomic E-state index is 6.25. The Kier molecular flexibility index (Phi) is 7.52. The summed E-state index contributed by atoms with van der Waals surface area (Å²) in [5.74, 6) is 1.80. The van der Waals surface area contributed by atoms with E-state index in [1.165, 1.54) is 41.6 Å². The number of piperidine rings is 1. The van der Waals surface area contributed by atoms with E-state index < -0.39 is 0 Å². The van der Waals surface area contributed by atoms with Crippen LogP contribution in [0.3, 0.4) is 0 Å². The van der Waals surface area contributed by atoms with Crippen molar-refractivity contribution < 1.29 is 9.47 Å². The minimum atomic E-state index is 0.499. The van der Waals surface area contributed by atoms with Gasteiger partial charge in [0.1, 0.15) is 11.5 Å². The van der Waals surface area contributed by atoms with Gasteiger partial charge in [-0.1, -0.05) is 31.0 Å². The molecule has 5 heteroatoms. The zero-order chi connectivity index (χ0) is 22.7. The minimum Gasteiger partial charge on any atom is -0.495 e. The Morgan fingerprint density at radius 1 is 1.03 bits per heavy atom. The molecule has 2 atom stereocenters. The van der Waals surface area contributed by atoms with Crippen molar-refractivity contribution in [2.45, 2.75) is 65.0 Å². The molecule has 2 aromatic carbocycles. The van der Waals surface area contributed by atoms with E-state index in [1.54, 1.807) is 7.11 Å². The molecule has 4 rings (SSSR count). The standard InChI is InChI=1S/C27H37ClN2O2/c1-5-6-16-32-26-13-11-23(19(2)20(26)3)25-9-7-8-22-18-29(14-15-30(22)25)21-10-12-24(28)27(17-21)31-4/h10-13,17,22,25H,5-9,14-16,18H2,1-4H3/t22?,25-/m1/s1. The summed E-state index contributed by atoms with van der Waals surface area (Å²) in [5.41, 5.74) is 5.38. The predicted molar refractivity (Wildman–Crippen MR) is 134 cm³/mol. The van der Waals surface area contributed by atoms with E-state index in [-0.39, 0.29) is 0 Å². The smallest absolute Gasteiger partial charge is 0.139 e. The van der Waals surface area contributed by atoms with E-state index in [0.717, 1.165) is 50.6 Å². The van der Waals surface area contributed by atoms with Gasteiger partial charge in [0.05, 0.1) is 18.7 Å². The van der Waals surface area contributed by atoms with Crippen molar-refractivity contribution in [1.82, 2.24) is 4.90 Å². The lowest BCUT2D eigenvalue weighted by atomic mass is 9.86. The minimum absolute atomic E-state index is 0.499. The first kappa shape index (κ1) is 23.3. The van der Waals surface area contributed by atoms with Crippen LogP contribution in [-0.4, -0.2) is 44.3 Å². The first-order valence-corrected chi connectivity index (χ1v) is 12.5. The van der Waals surface area contributed by atoms with Crippen LogP contribution < -0.4 is 14.4 Å². The highest BCUT2D eigenvalue weighted by atomic mass is 35.5. The molecule has 0 aromatic heterocycles. The topological polar surface area (TPSA) is 24.9 Å².